The Bertz CT molecular complexity index is 995. The first-order valence-electron chi connectivity index (χ1n) is 9.27. The maximum absolute atomic E-state index is 12.5. The topological polar surface area (TPSA) is 67.2 Å². The molecule has 0 saturated carbocycles. The Morgan fingerprint density at radius 3 is 2.57 bits per heavy atom. The number of fused-ring (bicyclic) bond motifs is 1. The summed E-state index contributed by atoms with van der Waals surface area (Å²) in [5, 5.41) is 3.66. The van der Waals surface area contributed by atoms with E-state index < -0.39 is 0 Å². The van der Waals surface area contributed by atoms with Crippen LogP contribution in [0.25, 0.3) is 11.0 Å². The molecular weight excluding hydrogens is 372 g/mol. The Labute approximate surface area is 168 Å². The van der Waals surface area contributed by atoms with Gasteiger partial charge in [-0.1, -0.05) is 30.0 Å². The first-order chi connectivity index (χ1) is 13.5. The zero-order valence-electron chi connectivity index (χ0n) is 16.3. The zero-order chi connectivity index (χ0) is 20.1. The van der Waals surface area contributed by atoms with Crippen molar-refractivity contribution in [2.24, 2.45) is 7.05 Å². The highest BCUT2D eigenvalue weighted by atomic mass is 32.2. The van der Waals surface area contributed by atoms with Gasteiger partial charge in [-0.25, -0.2) is 4.98 Å². The lowest BCUT2D eigenvalue weighted by atomic mass is 10.1. The number of imidazole rings is 1. The average molecular weight is 397 g/mol. The molecule has 0 unspecified atom stereocenters. The molecule has 0 radical (unpaired) electrons. The number of amides is 2. The lowest BCUT2D eigenvalue weighted by Crippen LogP contribution is -2.30. The summed E-state index contributed by atoms with van der Waals surface area (Å²) in [7, 11) is 1.94. The van der Waals surface area contributed by atoms with Crippen molar-refractivity contribution in [3.8, 4) is 0 Å². The van der Waals surface area contributed by atoms with Crippen LogP contribution in [0, 0.1) is 0 Å². The fourth-order valence-electron chi connectivity index (χ4n) is 3.00. The molecule has 0 aliphatic carbocycles. The molecule has 1 heterocycles. The second-order valence-corrected chi connectivity index (χ2v) is 7.28. The van der Waals surface area contributed by atoms with Gasteiger partial charge in [-0.3, -0.25) is 9.59 Å². The van der Waals surface area contributed by atoms with E-state index in [4.69, 9.17) is 0 Å². The summed E-state index contributed by atoms with van der Waals surface area (Å²) in [4.78, 5) is 31.2. The number of hydrogen-bond donors (Lipinski definition) is 1. The van der Waals surface area contributed by atoms with Crippen molar-refractivity contribution in [3.05, 3.63) is 54.1 Å². The van der Waals surface area contributed by atoms with E-state index in [1.165, 1.54) is 11.8 Å². The fraction of sp³-hybridized carbons (Fsp3) is 0.286. The second kappa shape index (κ2) is 8.93. The van der Waals surface area contributed by atoms with E-state index in [0.29, 0.717) is 24.3 Å². The van der Waals surface area contributed by atoms with Crippen molar-refractivity contribution in [2.75, 3.05) is 24.2 Å². The van der Waals surface area contributed by atoms with Gasteiger partial charge in [0.05, 0.1) is 16.8 Å². The standard InChI is InChI=1S/C21H24N4O2S/c1-4-25(5-2)20(27)15-9-8-10-16(13-15)22-19(26)14-28-21-23-17-11-6-7-12-18(17)24(21)3/h6-13H,4-5,14H2,1-3H3,(H,22,26). The quantitative estimate of drug-likeness (QED) is 0.617. The van der Waals surface area contributed by atoms with Gasteiger partial charge >= 0.3 is 0 Å². The van der Waals surface area contributed by atoms with Crippen molar-refractivity contribution >= 4 is 40.3 Å². The second-order valence-electron chi connectivity index (χ2n) is 6.34. The summed E-state index contributed by atoms with van der Waals surface area (Å²) < 4.78 is 1.98. The molecule has 6 nitrogen and oxygen atoms in total. The predicted molar refractivity (Wildman–Crippen MR) is 114 cm³/mol. The summed E-state index contributed by atoms with van der Waals surface area (Å²) in [5.41, 5.74) is 3.14. The van der Waals surface area contributed by atoms with Gasteiger partial charge in [0.15, 0.2) is 5.16 Å². The van der Waals surface area contributed by atoms with Crippen molar-refractivity contribution < 1.29 is 9.59 Å². The van der Waals surface area contributed by atoms with Crippen LogP contribution >= 0.6 is 11.8 Å². The number of benzene rings is 2. The van der Waals surface area contributed by atoms with Gasteiger partial charge < -0.3 is 14.8 Å². The highest BCUT2D eigenvalue weighted by Gasteiger charge is 2.14. The maximum atomic E-state index is 12.5. The number of carbonyl (C=O) groups excluding carboxylic acids is 2. The van der Waals surface area contributed by atoms with Gasteiger partial charge in [0.1, 0.15) is 0 Å². The number of para-hydroxylation sites is 2. The van der Waals surface area contributed by atoms with Crippen LogP contribution in [0.5, 0.6) is 0 Å². The number of aryl methyl sites for hydroxylation is 1. The molecule has 0 aliphatic rings. The molecule has 3 rings (SSSR count). The largest absolute Gasteiger partial charge is 0.339 e. The average Bonchev–Trinajstić information content (AvgIpc) is 3.03. The van der Waals surface area contributed by atoms with Crippen LogP contribution in [0.3, 0.4) is 0 Å². The Balaban J connectivity index is 1.64. The lowest BCUT2D eigenvalue weighted by molar-refractivity contribution is -0.113. The summed E-state index contributed by atoms with van der Waals surface area (Å²) in [5.74, 6) is 0.0745. The Morgan fingerprint density at radius 1 is 1.11 bits per heavy atom. The van der Waals surface area contributed by atoms with Crippen LogP contribution < -0.4 is 5.32 Å². The predicted octanol–water partition coefficient (Wildman–Crippen LogP) is 3.79. The minimum absolute atomic E-state index is 0.0322. The molecule has 0 spiro atoms. The molecule has 0 aliphatic heterocycles. The number of thioether (sulfide) groups is 1. The SMILES string of the molecule is CCN(CC)C(=O)c1cccc(NC(=O)CSc2nc3ccccc3n2C)c1. The molecule has 0 bridgehead atoms. The smallest absolute Gasteiger partial charge is 0.253 e. The third kappa shape index (κ3) is 4.36. The van der Waals surface area contributed by atoms with Crippen LogP contribution in [0.4, 0.5) is 5.69 Å². The summed E-state index contributed by atoms with van der Waals surface area (Å²) >= 11 is 1.39. The molecule has 0 atom stereocenters. The first-order valence-corrected chi connectivity index (χ1v) is 10.3. The number of rotatable bonds is 7. The minimum atomic E-state index is -0.135. The van der Waals surface area contributed by atoms with Gasteiger partial charge in [0, 0.05) is 31.4 Å². The number of aromatic nitrogens is 2. The van der Waals surface area contributed by atoms with E-state index in [0.717, 1.165) is 16.2 Å². The Kier molecular flexibility index (Phi) is 6.36. The highest BCUT2D eigenvalue weighted by molar-refractivity contribution is 7.99. The first kappa shape index (κ1) is 19.9. The van der Waals surface area contributed by atoms with Gasteiger partial charge in [0.2, 0.25) is 5.91 Å². The van der Waals surface area contributed by atoms with E-state index >= 15 is 0 Å². The van der Waals surface area contributed by atoms with Crippen molar-refractivity contribution in [2.45, 2.75) is 19.0 Å². The number of carbonyl (C=O) groups is 2. The van der Waals surface area contributed by atoms with Crippen molar-refractivity contribution in [1.82, 2.24) is 14.5 Å². The van der Waals surface area contributed by atoms with Crippen LogP contribution in [0.15, 0.2) is 53.7 Å². The molecule has 0 saturated heterocycles. The Hall–Kier alpha value is -2.80. The molecule has 7 heteroatoms. The molecule has 3 aromatic rings. The molecule has 28 heavy (non-hydrogen) atoms. The van der Waals surface area contributed by atoms with Crippen LogP contribution in [-0.4, -0.2) is 45.1 Å². The van der Waals surface area contributed by atoms with Crippen LogP contribution in [0.1, 0.15) is 24.2 Å². The molecular formula is C21H24N4O2S. The molecule has 0 fully saturated rings. The number of anilines is 1. The highest BCUT2D eigenvalue weighted by Crippen LogP contribution is 2.23. The molecule has 146 valence electrons. The lowest BCUT2D eigenvalue weighted by Gasteiger charge is -2.19. The van der Waals surface area contributed by atoms with Gasteiger partial charge in [-0.05, 0) is 44.2 Å². The van der Waals surface area contributed by atoms with E-state index in [-0.39, 0.29) is 17.6 Å². The van der Waals surface area contributed by atoms with Gasteiger partial charge in [-0.15, -0.1) is 0 Å². The third-order valence-corrected chi connectivity index (χ3v) is 5.55. The van der Waals surface area contributed by atoms with Crippen molar-refractivity contribution in [1.29, 1.82) is 0 Å². The zero-order valence-corrected chi connectivity index (χ0v) is 17.1. The van der Waals surface area contributed by atoms with Crippen LogP contribution in [0.2, 0.25) is 0 Å². The number of nitrogens with zero attached hydrogens (tertiary/aromatic N) is 3. The summed E-state index contributed by atoms with van der Waals surface area (Å²) in [6.07, 6.45) is 0. The minimum Gasteiger partial charge on any atom is -0.339 e. The number of nitrogens with one attached hydrogen (secondary N) is 1. The number of hydrogen-bond acceptors (Lipinski definition) is 4. The van der Waals surface area contributed by atoms with Gasteiger partial charge in [0.25, 0.3) is 5.91 Å². The molecule has 1 N–H and O–H groups in total. The third-order valence-electron chi connectivity index (χ3n) is 4.52. The monoisotopic (exact) mass is 396 g/mol. The summed E-state index contributed by atoms with van der Waals surface area (Å²) in [6, 6.07) is 14.9. The van der Waals surface area contributed by atoms with E-state index in [1.54, 1.807) is 29.2 Å². The molecule has 2 aromatic carbocycles. The molecule has 2 amide bonds. The van der Waals surface area contributed by atoms with E-state index in [9.17, 15) is 9.59 Å². The van der Waals surface area contributed by atoms with E-state index in [2.05, 4.69) is 10.3 Å². The fourth-order valence-corrected chi connectivity index (χ4v) is 3.79. The maximum Gasteiger partial charge on any atom is 0.253 e. The Morgan fingerprint density at radius 2 is 1.86 bits per heavy atom. The summed E-state index contributed by atoms with van der Waals surface area (Å²) in [6.45, 7) is 5.21. The van der Waals surface area contributed by atoms with E-state index in [1.807, 2.05) is 49.7 Å². The van der Waals surface area contributed by atoms with Crippen LogP contribution in [-0.2, 0) is 11.8 Å². The normalized spacial score (nSPS) is 10.8. The van der Waals surface area contributed by atoms with Gasteiger partial charge in [-0.2, -0.15) is 0 Å². The molecule has 1 aromatic heterocycles. The van der Waals surface area contributed by atoms with Crippen molar-refractivity contribution in [3.63, 3.8) is 0 Å².